The third-order valence-electron chi connectivity index (χ3n) is 3.39. The van der Waals surface area contributed by atoms with E-state index in [1.165, 1.54) is 11.1 Å². The first-order chi connectivity index (χ1) is 9.60. The van der Waals surface area contributed by atoms with Crippen LogP contribution < -0.4 is 0 Å². The van der Waals surface area contributed by atoms with Gasteiger partial charge in [-0.15, -0.1) is 0 Å². The maximum Gasteiger partial charge on any atom is 0.212 e. The van der Waals surface area contributed by atoms with Gasteiger partial charge in [-0.3, -0.25) is 0 Å². The molecule has 0 saturated carbocycles. The Morgan fingerprint density at radius 1 is 1.15 bits per heavy atom. The van der Waals surface area contributed by atoms with Crippen molar-refractivity contribution in [3.8, 4) is 11.5 Å². The van der Waals surface area contributed by atoms with E-state index in [9.17, 15) is 0 Å². The van der Waals surface area contributed by atoms with E-state index in [2.05, 4.69) is 42.1 Å². The molecule has 0 aliphatic carbocycles. The molecule has 0 bridgehead atoms. The molecule has 0 radical (unpaired) electrons. The second kappa shape index (κ2) is 3.93. The van der Waals surface area contributed by atoms with Crippen molar-refractivity contribution in [3.05, 3.63) is 40.5 Å². The molecular weight excluding hydrogens is 270 g/mol. The second-order valence-electron chi connectivity index (χ2n) is 5.08. The first-order valence-corrected chi connectivity index (χ1v) is 7.26. The van der Waals surface area contributed by atoms with Gasteiger partial charge in [0, 0.05) is 5.39 Å². The van der Waals surface area contributed by atoms with Crippen molar-refractivity contribution in [1.29, 1.82) is 0 Å². The van der Waals surface area contributed by atoms with Crippen molar-refractivity contribution in [2.75, 3.05) is 0 Å². The van der Waals surface area contributed by atoms with Gasteiger partial charge < -0.3 is 4.42 Å². The predicted octanol–water partition coefficient (Wildman–Crippen LogP) is 4.13. The first kappa shape index (κ1) is 11.7. The maximum absolute atomic E-state index is 5.95. The quantitative estimate of drug-likeness (QED) is 0.527. The molecule has 4 rings (SSSR count). The number of furan rings is 1. The van der Waals surface area contributed by atoms with Crippen molar-refractivity contribution >= 4 is 27.3 Å². The Bertz CT molecular complexity index is 913. The lowest BCUT2D eigenvalue weighted by Gasteiger charge is -1.96. The minimum atomic E-state index is 0.795. The summed E-state index contributed by atoms with van der Waals surface area (Å²) in [6.07, 6.45) is 1.92. The number of rotatable bonds is 1. The molecule has 0 N–H and O–H groups in total. The Morgan fingerprint density at radius 2 is 2.00 bits per heavy atom. The Kier molecular flexibility index (Phi) is 2.29. The van der Waals surface area contributed by atoms with Crippen LogP contribution in [0, 0.1) is 20.8 Å². The summed E-state index contributed by atoms with van der Waals surface area (Å²) in [5.74, 6) is 0.795. The van der Waals surface area contributed by atoms with Crippen molar-refractivity contribution in [1.82, 2.24) is 14.6 Å². The number of fused-ring (bicyclic) bond motifs is 2. The molecule has 1 aromatic carbocycles. The van der Waals surface area contributed by atoms with E-state index >= 15 is 0 Å². The van der Waals surface area contributed by atoms with Crippen LogP contribution in [0.5, 0.6) is 0 Å². The number of hydrogen-bond acceptors (Lipinski definition) is 4. The monoisotopic (exact) mass is 283 g/mol. The molecule has 0 spiro atoms. The first-order valence-electron chi connectivity index (χ1n) is 6.44. The molecule has 3 heterocycles. The molecule has 5 heteroatoms. The zero-order valence-electron chi connectivity index (χ0n) is 11.5. The molecule has 0 unspecified atom stereocenters. The molecule has 4 nitrogen and oxygen atoms in total. The molecule has 0 amide bonds. The predicted molar refractivity (Wildman–Crippen MR) is 80.3 cm³/mol. The van der Waals surface area contributed by atoms with E-state index in [1.54, 1.807) is 15.9 Å². The fourth-order valence-electron chi connectivity index (χ4n) is 2.53. The number of aryl methyl sites for hydroxylation is 3. The van der Waals surface area contributed by atoms with Gasteiger partial charge in [0.25, 0.3) is 0 Å². The summed E-state index contributed by atoms with van der Waals surface area (Å²) in [5, 5.41) is 6.53. The smallest absolute Gasteiger partial charge is 0.212 e. The van der Waals surface area contributed by atoms with Gasteiger partial charge in [-0.05, 0) is 44.0 Å². The molecule has 100 valence electrons. The SMILES string of the molecule is Cc1cc(C)c2cc(-c3cn4nc(C)sc4n3)oc2c1. The molecule has 0 aliphatic heterocycles. The third kappa shape index (κ3) is 1.67. The lowest BCUT2D eigenvalue weighted by Crippen LogP contribution is -1.79. The number of hydrogen-bond donors (Lipinski definition) is 0. The van der Waals surface area contributed by atoms with Gasteiger partial charge in [0.15, 0.2) is 5.76 Å². The summed E-state index contributed by atoms with van der Waals surface area (Å²) in [4.78, 5) is 5.47. The standard InChI is InChI=1S/C15H13N3OS/c1-8-4-9(2)11-6-14(19-13(11)5-8)12-7-18-15(16-12)20-10(3)17-18/h4-7H,1-3H3. The normalized spacial score (nSPS) is 11.8. The van der Waals surface area contributed by atoms with Crippen LogP contribution in [-0.2, 0) is 0 Å². The lowest BCUT2D eigenvalue weighted by atomic mass is 10.1. The van der Waals surface area contributed by atoms with Gasteiger partial charge in [0.2, 0.25) is 4.96 Å². The van der Waals surface area contributed by atoms with Crippen molar-refractivity contribution in [2.45, 2.75) is 20.8 Å². The minimum absolute atomic E-state index is 0.795. The average Bonchev–Trinajstić information content (AvgIpc) is 2.99. The van der Waals surface area contributed by atoms with E-state index in [0.717, 1.165) is 32.4 Å². The van der Waals surface area contributed by atoms with Crippen LogP contribution in [0.25, 0.3) is 27.4 Å². The third-order valence-corrected chi connectivity index (χ3v) is 4.22. The lowest BCUT2D eigenvalue weighted by molar-refractivity contribution is 0.629. The van der Waals surface area contributed by atoms with Crippen LogP contribution in [0.4, 0.5) is 0 Å². The molecule has 20 heavy (non-hydrogen) atoms. The topological polar surface area (TPSA) is 43.3 Å². The van der Waals surface area contributed by atoms with Crippen LogP contribution in [0.15, 0.2) is 28.8 Å². The van der Waals surface area contributed by atoms with Crippen LogP contribution in [-0.4, -0.2) is 14.6 Å². The largest absolute Gasteiger partial charge is 0.454 e. The van der Waals surface area contributed by atoms with Crippen LogP contribution in [0.2, 0.25) is 0 Å². The Balaban J connectivity index is 1.92. The number of imidazole rings is 1. The second-order valence-corrected chi connectivity index (χ2v) is 6.24. The fourth-order valence-corrected chi connectivity index (χ4v) is 3.26. The van der Waals surface area contributed by atoms with Crippen molar-refractivity contribution < 1.29 is 4.42 Å². The highest BCUT2D eigenvalue weighted by Gasteiger charge is 2.13. The summed E-state index contributed by atoms with van der Waals surface area (Å²) >= 11 is 1.58. The fraction of sp³-hybridized carbons (Fsp3) is 0.200. The minimum Gasteiger partial charge on any atom is -0.454 e. The van der Waals surface area contributed by atoms with Gasteiger partial charge in [0.05, 0.1) is 6.20 Å². The van der Waals surface area contributed by atoms with E-state index < -0.39 is 0 Å². The summed E-state index contributed by atoms with van der Waals surface area (Å²) in [5.41, 5.74) is 4.18. The molecule has 4 aromatic rings. The summed E-state index contributed by atoms with van der Waals surface area (Å²) < 4.78 is 7.75. The van der Waals surface area contributed by atoms with E-state index in [0.29, 0.717) is 0 Å². The Hall–Kier alpha value is -2.14. The van der Waals surface area contributed by atoms with Gasteiger partial charge in [0.1, 0.15) is 16.3 Å². The Morgan fingerprint density at radius 3 is 2.80 bits per heavy atom. The molecule has 0 atom stereocenters. The van der Waals surface area contributed by atoms with Gasteiger partial charge in [-0.1, -0.05) is 17.4 Å². The van der Waals surface area contributed by atoms with E-state index in [1.807, 2.05) is 13.1 Å². The molecule has 0 fully saturated rings. The van der Waals surface area contributed by atoms with E-state index in [4.69, 9.17) is 4.42 Å². The zero-order chi connectivity index (χ0) is 13.9. The van der Waals surface area contributed by atoms with E-state index in [-0.39, 0.29) is 0 Å². The van der Waals surface area contributed by atoms with Gasteiger partial charge in [-0.2, -0.15) is 5.10 Å². The highest BCUT2D eigenvalue weighted by molar-refractivity contribution is 7.16. The summed E-state index contributed by atoms with van der Waals surface area (Å²) in [7, 11) is 0. The molecule has 0 saturated heterocycles. The highest BCUT2D eigenvalue weighted by Crippen LogP contribution is 2.30. The zero-order valence-corrected chi connectivity index (χ0v) is 12.3. The number of aromatic nitrogens is 3. The van der Waals surface area contributed by atoms with Crippen LogP contribution in [0.1, 0.15) is 16.1 Å². The Labute approximate surface area is 119 Å². The van der Waals surface area contributed by atoms with Gasteiger partial charge in [-0.25, -0.2) is 9.50 Å². The summed E-state index contributed by atoms with van der Waals surface area (Å²) in [6, 6.07) is 6.29. The van der Waals surface area contributed by atoms with Crippen molar-refractivity contribution in [2.24, 2.45) is 0 Å². The van der Waals surface area contributed by atoms with Crippen LogP contribution >= 0.6 is 11.3 Å². The molecule has 0 aliphatic rings. The van der Waals surface area contributed by atoms with Gasteiger partial charge >= 0.3 is 0 Å². The maximum atomic E-state index is 5.95. The molecule has 3 aromatic heterocycles. The highest BCUT2D eigenvalue weighted by atomic mass is 32.1. The number of benzene rings is 1. The summed E-state index contributed by atoms with van der Waals surface area (Å²) in [6.45, 7) is 6.16. The van der Waals surface area contributed by atoms with Crippen molar-refractivity contribution in [3.63, 3.8) is 0 Å². The van der Waals surface area contributed by atoms with Crippen LogP contribution in [0.3, 0.4) is 0 Å². The molecular formula is C15H13N3OS. The average molecular weight is 283 g/mol. The number of nitrogens with zero attached hydrogens (tertiary/aromatic N) is 3.